The summed E-state index contributed by atoms with van der Waals surface area (Å²) >= 11 is 0. The molecule has 0 aliphatic rings. The van der Waals surface area contributed by atoms with Crippen molar-refractivity contribution >= 4 is 5.78 Å². The normalized spacial score (nSPS) is 12.6. The van der Waals surface area contributed by atoms with Gasteiger partial charge in [-0.15, -0.1) is 0 Å². The molecule has 1 aromatic carbocycles. The molecule has 0 aliphatic carbocycles. The van der Waals surface area contributed by atoms with Crippen molar-refractivity contribution in [1.29, 1.82) is 0 Å². The van der Waals surface area contributed by atoms with Crippen LogP contribution in [0.3, 0.4) is 0 Å². The second kappa shape index (κ2) is 5.10. The van der Waals surface area contributed by atoms with Crippen LogP contribution in [-0.4, -0.2) is 24.2 Å². The first-order chi connectivity index (χ1) is 8.53. The monoisotopic (exact) mass is 286 g/mol. The number of carbonyl (C=O) groups excluding carboxylic acids is 1. The molecule has 0 saturated carbocycles. The number of ether oxygens (including phenoxy) is 1. The van der Waals surface area contributed by atoms with E-state index < -0.39 is 30.0 Å². The fourth-order valence-electron chi connectivity index (χ4n) is 1.31. The summed E-state index contributed by atoms with van der Waals surface area (Å²) in [6.45, 7) is 1.01. The van der Waals surface area contributed by atoms with E-state index in [2.05, 4.69) is 4.74 Å². The maximum Gasteiger partial charge on any atom is 0.434 e. The number of rotatable bonds is 3. The number of ketones is 1. The van der Waals surface area contributed by atoms with Crippen LogP contribution in [0.25, 0.3) is 0 Å². The van der Waals surface area contributed by atoms with Crippen LogP contribution in [0.15, 0.2) is 24.3 Å². The fourth-order valence-corrected chi connectivity index (χ4v) is 1.31. The van der Waals surface area contributed by atoms with Crippen LogP contribution >= 0.6 is 0 Å². The molecule has 2 nitrogen and oxygen atoms in total. The van der Waals surface area contributed by atoms with E-state index in [1.54, 1.807) is 0 Å². The van der Waals surface area contributed by atoms with Gasteiger partial charge in [0.2, 0.25) is 0 Å². The number of alkyl halides is 6. The predicted octanol–water partition coefficient (Wildman–Crippen LogP) is 3.76. The maximum absolute atomic E-state index is 12.3. The van der Waals surface area contributed by atoms with Crippen molar-refractivity contribution in [2.75, 3.05) is 0 Å². The van der Waals surface area contributed by atoms with Crippen LogP contribution in [0.4, 0.5) is 26.3 Å². The van der Waals surface area contributed by atoms with Gasteiger partial charge in [0.15, 0.2) is 5.78 Å². The zero-order chi connectivity index (χ0) is 14.8. The summed E-state index contributed by atoms with van der Waals surface area (Å²) in [5.74, 6) is -1.45. The van der Waals surface area contributed by atoms with Crippen LogP contribution in [0.2, 0.25) is 0 Å². The molecule has 0 bridgehead atoms. The maximum atomic E-state index is 12.3. The Morgan fingerprint density at radius 3 is 1.95 bits per heavy atom. The van der Waals surface area contributed by atoms with Crippen molar-refractivity contribution in [2.24, 2.45) is 0 Å². The lowest BCUT2D eigenvalue weighted by Crippen LogP contribution is -2.46. The Kier molecular flexibility index (Phi) is 4.12. The molecule has 106 valence electrons. The Morgan fingerprint density at radius 2 is 1.53 bits per heavy atom. The Morgan fingerprint density at radius 1 is 1.05 bits per heavy atom. The molecule has 0 saturated heterocycles. The number of Topliss-reactive ketones (excluding diaryl/α,β-unsaturated/α-hetero) is 1. The first-order valence-corrected chi connectivity index (χ1v) is 4.93. The average Bonchev–Trinajstić information content (AvgIpc) is 2.23. The van der Waals surface area contributed by atoms with E-state index in [1.165, 1.54) is 12.1 Å². The molecule has 0 N–H and O–H groups in total. The Labute approximate surface area is 104 Å². The molecule has 19 heavy (non-hydrogen) atoms. The number of para-hydroxylation sites is 1. The molecule has 1 rings (SSSR count). The molecule has 0 aliphatic heterocycles. The largest absolute Gasteiger partial charge is 0.471 e. The zero-order valence-corrected chi connectivity index (χ0v) is 9.47. The predicted molar refractivity (Wildman–Crippen MR) is 53.0 cm³/mol. The molecule has 1 aromatic rings. The van der Waals surface area contributed by atoms with E-state index in [-0.39, 0.29) is 5.56 Å². The molecule has 8 heteroatoms. The standard InChI is InChI=1S/C11H8F6O2/c1-6(18)7-4-2-3-5-8(7)19-9(10(12,13)14)11(15,16)17/h2-5,9H,1H3. The number of benzene rings is 1. The van der Waals surface area contributed by atoms with Crippen molar-refractivity contribution in [1.82, 2.24) is 0 Å². The molecule has 0 heterocycles. The van der Waals surface area contributed by atoms with Crippen LogP contribution in [-0.2, 0) is 0 Å². The quantitative estimate of drug-likeness (QED) is 0.624. The second-order valence-corrected chi connectivity index (χ2v) is 3.63. The van der Waals surface area contributed by atoms with E-state index >= 15 is 0 Å². The molecule has 0 spiro atoms. The van der Waals surface area contributed by atoms with Gasteiger partial charge < -0.3 is 4.74 Å². The average molecular weight is 286 g/mol. The van der Waals surface area contributed by atoms with Gasteiger partial charge in [-0.2, -0.15) is 26.3 Å². The van der Waals surface area contributed by atoms with Gasteiger partial charge in [0.25, 0.3) is 6.10 Å². The minimum atomic E-state index is -5.62. The number of carbonyl (C=O) groups is 1. The number of hydrogen-bond acceptors (Lipinski definition) is 2. The Balaban J connectivity index is 3.15. The molecular formula is C11H8F6O2. The SMILES string of the molecule is CC(=O)c1ccccc1OC(C(F)(F)F)C(F)(F)F. The minimum Gasteiger partial charge on any atom is -0.471 e. The third-order valence-corrected chi connectivity index (χ3v) is 2.11. The lowest BCUT2D eigenvalue weighted by Gasteiger charge is -2.24. The molecule has 0 radical (unpaired) electrons. The van der Waals surface area contributed by atoms with Crippen molar-refractivity contribution in [3.8, 4) is 5.75 Å². The summed E-state index contributed by atoms with van der Waals surface area (Å²) in [5.41, 5.74) is -0.346. The van der Waals surface area contributed by atoms with Crippen molar-refractivity contribution < 1.29 is 35.9 Å². The smallest absolute Gasteiger partial charge is 0.434 e. The highest BCUT2D eigenvalue weighted by atomic mass is 19.4. The van der Waals surface area contributed by atoms with Gasteiger partial charge in [-0.1, -0.05) is 12.1 Å². The van der Waals surface area contributed by atoms with E-state index in [1.807, 2.05) is 0 Å². The summed E-state index contributed by atoms with van der Waals surface area (Å²) in [6.07, 6.45) is -15.2. The third kappa shape index (κ3) is 3.87. The summed E-state index contributed by atoms with van der Waals surface area (Å²) in [7, 11) is 0. The third-order valence-electron chi connectivity index (χ3n) is 2.11. The summed E-state index contributed by atoms with van der Waals surface area (Å²) in [4.78, 5) is 11.1. The van der Waals surface area contributed by atoms with E-state index in [0.717, 1.165) is 19.1 Å². The summed E-state index contributed by atoms with van der Waals surface area (Å²) in [6, 6.07) is 4.44. The van der Waals surface area contributed by atoms with Crippen LogP contribution in [0, 0.1) is 0 Å². The molecular weight excluding hydrogens is 278 g/mol. The molecule has 0 unspecified atom stereocenters. The van der Waals surface area contributed by atoms with Gasteiger partial charge in [-0.25, -0.2) is 0 Å². The van der Waals surface area contributed by atoms with Gasteiger partial charge in [0.05, 0.1) is 5.56 Å². The first-order valence-electron chi connectivity index (χ1n) is 4.93. The van der Waals surface area contributed by atoms with Crippen molar-refractivity contribution in [3.63, 3.8) is 0 Å². The summed E-state index contributed by atoms with van der Waals surface area (Å²) in [5, 5.41) is 0. The Bertz CT molecular complexity index is 449. The number of hydrogen-bond donors (Lipinski definition) is 0. The lowest BCUT2D eigenvalue weighted by atomic mass is 10.1. The highest BCUT2D eigenvalue weighted by molar-refractivity contribution is 5.96. The highest BCUT2D eigenvalue weighted by Crippen LogP contribution is 2.37. The highest BCUT2D eigenvalue weighted by Gasteiger charge is 2.59. The fraction of sp³-hybridized carbons (Fsp3) is 0.364. The van der Waals surface area contributed by atoms with Gasteiger partial charge in [-0.05, 0) is 19.1 Å². The molecule has 0 atom stereocenters. The van der Waals surface area contributed by atoms with E-state index in [4.69, 9.17) is 0 Å². The first kappa shape index (κ1) is 15.3. The van der Waals surface area contributed by atoms with Crippen LogP contribution in [0.1, 0.15) is 17.3 Å². The summed E-state index contributed by atoms with van der Waals surface area (Å²) < 4.78 is 77.8. The molecule has 0 fully saturated rings. The topological polar surface area (TPSA) is 26.3 Å². The van der Waals surface area contributed by atoms with Crippen LogP contribution in [0.5, 0.6) is 5.75 Å². The van der Waals surface area contributed by atoms with Crippen molar-refractivity contribution in [3.05, 3.63) is 29.8 Å². The van der Waals surface area contributed by atoms with Gasteiger partial charge in [0.1, 0.15) is 5.75 Å². The number of halogens is 6. The van der Waals surface area contributed by atoms with Gasteiger partial charge in [-0.3, -0.25) is 4.79 Å². The van der Waals surface area contributed by atoms with Crippen LogP contribution < -0.4 is 4.74 Å². The van der Waals surface area contributed by atoms with E-state index in [9.17, 15) is 31.1 Å². The zero-order valence-electron chi connectivity index (χ0n) is 9.47. The molecule has 0 aromatic heterocycles. The van der Waals surface area contributed by atoms with Crippen molar-refractivity contribution in [2.45, 2.75) is 25.4 Å². The lowest BCUT2D eigenvalue weighted by molar-refractivity contribution is -0.299. The second-order valence-electron chi connectivity index (χ2n) is 3.63. The van der Waals surface area contributed by atoms with Gasteiger partial charge in [0, 0.05) is 0 Å². The van der Waals surface area contributed by atoms with Gasteiger partial charge >= 0.3 is 12.4 Å². The minimum absolute atomic E-state index is 0.346. The Hall–Kier alpha value is -1.73. The molecule has 0 amide bonds. The van der Waals surface area contributed by atoms with E-state index in [0.29, 0.717) is 0 Å².